The number of carbonyl (C=O) groups excluding carboxylic acids is 1. The second-order valence-corrected chi connectivity index (χ2v) is 7.93. The van der Waals surface area contributed by atoms with Gasteiger partial charge >= 0.3 is 6.18 Å². The smallest absolute Gasteiger partial charge is 0.390 e. The van der Waals surface area contributed by atoms with Crippen molar-refractivity contribution in [2.75, 3.05) is 0 Å². The zero-order valence-corrected chi connectivity index (χ0v) is 15.5. The molecule has 2 heterocycles. The minimum absolute atomic E-state index is 0.0358. The molecule has 1 aliphatic carbocycles. The largest absolute Gasteiger partial charge is 0.417 e. The first-order chi connectivity index (χ1) is 12.5. The molecule has 0 spiro atoms. The third-order valence-electron chi connectivity index (χ3n) is 4.86. The molecule has 2 aromatic rings. The van der Waals surface area contributed by atoms with E-state index in [1.165, 1.54) is 0 Å². The number of ketones is 1. The van der Waals surface area contributed by atoms with E-state index in [2.05, 4.69) is 9.97 Å². The fourth-order valence-electron chi connectivity index (χ4n) is 3.40. The Kier molecular flexibility index (Phi) is 5.29. The number of alkyl halides is 3. The Balaban J connectivity index is 1.80. The Labute approximate surface area is 155 Å². The molecule has 1 fully saturated rings. The predicted molar refractivity (Wildman–Crippen MR) is 94.3 cm³/mol. The molecule has 0 amide bonds. The highest BCUT2D eigenvalue weighted by atomic mass is 19.4. The van der Waals surface area contributed by atoms with Crippen LogP contribution in [0.2, 0.25) is 0 Å². The van der Waals surface area contributed by atoms with Gasteiger partial charge in [-0.3, -0.25) is 4.79 Å². The molecule has 0 atom stereocenters. The van der Waals surface area contributed by atoms with Gasteiger partial charge in [0, 0.05) is 31.5 Å². The van der Waals surface area contributed by atoms with Gasteiger partial charge < -0.3 is 9.67 Å². The van der Waals surface area contributed by atoms with Crippen molar-refractivity contribution >= 4 is 16.9 Å². The minimum atomic E-state index is -4.45. The zero-order chi connectivity index (χ0) is 19.8. The van der Waals surface area contributed by atoms with Gasteiger partial charge in [0.1, 0.15) is 17.1 Å². The molecular formula is C19H24F3N3O2. The summed E-state index contributed by atoms with van der Waals surface area (Å²) in [4.78, 5) is 20.4. The molecule has 3 rings (SSSR count). The molecule has 0 unspecified atom stereocenters. The van der Waals surface area contributed by atoms with Crippen molar-refractivity contribution in [3.63, 3.8) is 0 Å². The van der Waals surface area contributed by atoms with Crippen molar-refractivity contribution in [1.29, 1.82) is 0 Å². The Morgan fingerprint density at radius 3 is 2.59 bits per heavy atom. The van der Waals surface area contributed by atoms with Crippen LogP contribution in [0.1, 0.15) is 69.8 Å². The van der Waals surface area contributed by atoms with E-state index in [9.17, 15) is 23.1 Å². The highest BCUT2D eigenvalue weighted by Gasteiger charge is 2.33. The van der Waals surface area contributed by atoms with E-state index in [0.717, 1.165) is 31.5 Å². The number of nitrogens with zero attached hydrogens (tertiary/aromatic N) is 3. The van der Waals surface area contributed by atoms with Crippen LogP contribution in [0.25, 0.3) is 11.2 Å². The standard InChI is InChI=1S/C19H24F3N3O2/c1-18(2,27)10-14(26)7-4-8-16-24-15-9-12(19(20,21)22)11-23-17(15)25(16)13-5-3-6-13/h9,11,13,27H,3-8,10H2,1-2H3. The monoisotopic (exact) mass is 383 g/mol. The SMILES string of the molecule is CC(C)(O)CC(=O)CCCc1nc2cc(C(F)(F)F)cnc2n1C1CCC1. The summed E-state index contributed by atoms with van der Waals surface area (Å²) in [5, 5.41) is 9.71. The maximum Gasteiger partial charge on any atom is 0.417 e. The van der Waals surface area contributed by atoms with Gasteiger partial charge in [-0.05, 0) is 45.6 Å². The summed E-state index contributed by atoms with van der Waals surface area (Å²) in [6.45, 7) is 3.18. The Bertz CT molecular complexity index is 833. The lowest BCUT2D eigenvalue weighted by atomic mass is 9.92. The summed E-state index contributed by atoms with van der Waals surface area (Å²) in [6.07, 6.45) is 0.817. The van der Waals surface area contributed by atoms with Crippen LogP contribution in [0.5, 0.6) is 0 Å². The molecule has 1 saturated carbocycles. The van der Waals surface area contributed by atoms with Gasteiger partial charge in [0.05, 0.1) is 11.2 Å². The topological polar surface area (TPSA) is 68.0 Å². The maximum atomic E-state index is 13.0. The van der Waals surface area contributed by atoms with E-state index in [4.69, 9.17) is 0 Å². The molecule has 0 radical (unpaired) electrons. The van der Waals surface area contributed by atoms with E-state index in [-0.39, 0.29) is 23.8 Å². The molecule has 5 nitrogen and oxygen atoms in total. The van der Waals surface area contributed by atoms with Crippen LogP contribution in [0, 0.1) is 0 Å². The lowest BCUT2D eigenvalue weighted by molar-refractivity contribution is -0.137. The fraction of sp³-hybridized carbons (Fsp3) is 0.632. The van der Waals surface area contributed by atoms with Crippen LogP contribution in [0.4, 0.5) is 13.2 Å². The van der Waals surface area contributed by atoms with Gasteiger partial charge in [0.2, 0.25) is 0 Å². The number of hydrogen-bond donors (Lipinski definition) is 1. The summed E-state index contributed by atoms with van der Waals surface area (Å²) in [7, 11) is 0. The van der Waals surface area contributed by atoms with Crippen LogP contribution in [0.15, 0.2) is 12.3 Å². The van der Waals surface area contributed by atoms with Gasteiger partial charge in [0.15, 0.2) is 5.65 Å². The quantitative estimate of drug-likeness (QED) is 0.777. The zero-order valence-electron chi connectivity index (χ0n) is 15.5. The van der Waals surface area contributed by atoms with Crippen molar-refractivity contribution in [3.05, 3.63) is 23.7 Å². The van der Waals surface area contributed by atoms with E-state index in [1.807, 2.05) is 4.57 Å². The number of hydrogen-bond acceptors (Lipinski definition) is 4. The van der Waals surface area contributed by atoms with Gasteiger partial charge in [-0.25, -0.2) is 9.97 Å². The predicted octanol–water partition coefficient (Wildman–Crippen LogP) is 4.23. The molecular weight excluding hydrogens is 359 g/mol. The molecule has 8 heteroatoms. The highest BCUT2D eigenvalue weighted by molar-refractivity contribution is 5.79. The first-order valence-electron chi connectivity index (χ1n) is 9.23. The van der Waals surface area contributed by atoms with Crippen molar-refractivity contribution in [1.82, 2.24) is 14.5 Å². The second kappa shape index (κ2) is 7.22. The molecule has 148 valence electrons. The molecule has 2 aromatic heterocycles. The van der Waals surface area contributed by atoms with Crippen LogP contribution in [-0.4, -0.2) is 31.0 Å². The number of fused-ring (bicyclic) bond motifs is 1. The summed E-state index contributed by atoms with van der Waals surface area (Å²) in [5.41, 5.74) is -1.12. The van der Waals surface area contributed by atoms with E-state index in [1.54, 1.807) is 13.8 Å². The number of halogens is 3. The second-order valence-electron chi connectivity index (χ2n) is 7.93. The number of Topliss-reactive ketones (excluding diaryl/α,β-unsaturated/α-hetero) is 1. The van der Waals surface area contributed by atoms with Crippen LogP contribution >= 0.6 is 0 Å². The van der Waals surface area contributed by atoms with Crippen molar-refractivity contribution in [3.8, 4) is 0 Å². The Morgan fingerprint density at radius 1 is 1.33 bits per heavy atom. The van der Waals surface area contributed by atoms with Crippen LogP contribution < -0.4 is 0 Å². The number of carbonyl (C=O) groups is 1. The van der Waals surface area contributed by atoms with E-state index in [0.29, 0.717) is 30.7 Å². The van der Waals surface area contributed by atoms with Crippen molar-refractivity contribution in [2.24, 2.45) is 0 Å². The van der Waals surface area contributed by atoms with Crippen LogP contribution in [-0.2, 0) is 17.4 Å². The molecule has 27 heavy (non-hydrogen) atoms. The Hall–Kier alpha value is -1.96. The summed E-state index contributed by atoms with van der Waals surface area (Å²) < 4.78 is 40.8. The normalized spacial score (nSPS) is 15.9. The van der Waals surface area contributed by atoms with Crippen molar-refractivity contribution in [2.45, 2.75) is 76.6 Å². The highest BCUT2D eigenvalue weighted by Crippen LogP contribution is 2.37. The number of pyridine rings is 1. The van der Waals surface area contributed by atoms with Crippen LogP contribution in [0.3, 0.4) is 0 Å². The summed E-state index contributed by atoms with van der Waals surface area (Å²) in [5.74, 6) is 0.642. The van der Waals surface area contributed by atoms with E-state index < -0.39 is 17.3 Å². The number of aryl methyl sites for hydroxylation is 1. The minimum Gasteiger partial charge on any atom is -0.390 e. The maximum absolute atomic E-state index is 13.0. The number of aromatic nitrogens is 3. The first-order valence-corrected chi connectivity index (χ1v) is 9.23. The van der Waals surface area contributed by atoms with Gasteiger partial charge in [0.25, 0.3) is 0 Å². The molecule has 0 aromatic carbocycles. The average Bonchev–Trinajstić information content (AvgIpc) is 2.80. The lowest BCUT2D eigenvalue weighted by Crippen LogP contribution is -2.23. The molecule has 0 saturated heterocycles. The lowest BCUT2D eigenvalue weighted by Gasteiger charge is -2.28. The van der Waals surface area contributed by atoms with Gasteiger partial charge in [-0.1, -0.05) is 0 Å². The fourth-order valence-corrected chi connectivity index (χ4v) is 3.40. The average molecular weight is 383 g/mol. The number of imidazole rings is 1. The number of aliphatic hydroxyl groups is 1. The third-order valence-corrected chi connectivity index (χ3v) is 4.86. The van der Waals surface area contributed by atoms with Crippen molar-refractivity contribution < 1.29 is 23.1 Å². The van der Waals surface area contributed by atoms with E-state index >= 15 is 0 Å². The van der Waals surface area contributed by atoms with Gasteiger partial charge in [-0.2, -0.15) is 13.2 Å². The third kappa shape index (κ3) is 4.66. The molecule has 0 aliphatic heterocycles. The Morgan fingerprint density at radius 2 is 2.04 bits per heavy atom. The molecule has 1 N–H and O–H groups in total. The number of rotatable bonds is 7. The first kappa shape index (κ1) is 19.8. The summed E-state index contributed by atoms with van der Waals surface area (Å²) in [6, 6.07) is 1.25. The van der Waals surface area contributed by atoms with Gasteiger partial charge in [-0.15, -0.1) is 0 Å². The molecule has 1 aliphatic rings. The molecule has 0 bridgehead atoms. The summed E-state index contributed by atoms with van der Waals surface area (Å²) >= 11 is 0.